The largest absolute Gasteiger partial charge is 0.316 e. The minimum absolute atomic E-state index is 0.142. The predicted octanol–water partition coefficient (Wildman–Crippen LogP) is 0.977. The van der Waals surface area contributed by atoms with Gasteiger partial charge in [0.05, 0.1) is 11.5 Å². The van der Waals surface area contributed by atoms with Gasteiger partial charge in [0.15, 0.2) is 9.84 Å². The minimum Gasteiger partial charge on any atom is -0.316 e. The lowest BCUT2D eigenvalue weighted by atomic mass is 10.0. The number of hydrogen-bond acceptors (Lipinski definition) is 3. The third kappa shape index (κ3) is 4.24. The normalized spacial score (nSPS) is 23.4. The lowest BCUT2D eigenvalue weighted by molar-refractivity contribution is 0.404. The summed E-state index contributed by atoms with van der Waals surface area (Å²) in [4.78, 5) is 0. The molecule has 1 aliphatic rings. The van der Waals surface area contributed by atoms with Gasteiger partial charge in [0.1, 0.15) is 0 Å². The Hall–Kier alpha value is -0.350. The zero-order valence-corrected chi connectivity index (χ0v) is 9.57. The van der Waals surface area contributed by atoms with Gasteiger partial charge in [0, 0.05) is 0 Å². The molecule has 0 radical (unpaired) electrons. The van der Waals surface area contributed by atoms with Crippen LogP contribution in [0.4, 0.5) is 0 Å². The maximum absolute atomic E-state index is 11.6. The van der Waals surface area contributed by atoms with Crippen molar-refractivity contribution in [3.05, 3.63) is 12.2 Å². The second-order valence-corrected chi connectivity index (χ2v) is 6.33. The monoisotopic (exact) mass is 217 g/mol. The molecule has 1 fully saturated rings. The van der Waals surface area contributed by atoms with Crippen LogP contribution in [0.3, 0.4) is 0 Å². The fourth-order valence-corrected chi connectivity index (χ4v) is 3.73. The van der Waals surface area contributed by atoms with Gasteiger partial charge in [-0.2, -0.15) is 0 Å². The second-order valence-electron chi connectivity index (χ2n) is 4.22. The molecule has 0 amide bonds. The molecule has 0 spiro atoms. The van der Waals surface area contributed by atoms with E-state index in [-0.39, 0.29) is 5.75 Å². The van der Waals surface area contributed by atoms with Crippen molar-refractivity contribution < 1.29 is 8.42 Å². The van der Waals surface area contributed by atoms with Crippen molar-refractivity contribution in [3.8, 4) is 0 Å². The molecule has 82 valence electrons. The zero-order chi connectivity index (χ0) is 10.6. The lowest BCUT2D eigenvalue weighted by Crippen LogP contribution is -2.34. The van der Waals surface area contributed by atoms with Gasteiger partial charge in [-0.3, -0.25) is 0 Å². The van der Waals surface area contributed by atoms with Crippen LogP contribution in [-0.4, -0.2) is 33.0 Å². The van der Waals surface area contributed by atoms with Crippen LogP contribution >= 0.6 is 0 Å². The minimum atomic E-state index is -2.92. The fraction of sp³-hybridized carbons (Fsp3) is 0.800. The molecule has 0 saturated carbocycles. The molecule has 1 aliphatic heterocycles. The van der Waals surface area contributed by atoms with Crippen molar-refractivity contribution >= 4 is 9.84 Å². The summed E-state index contributed by atoms with van der Waals surface area (Å²) in [6.07, 6.45) is 2.12. The van der Waals surface area contributed by atoms with E-state index >= 15 is 0 Å². The van der Waals surface area contributed by atoms with Gasteiger partial charge in [-0.05, 0) is 38.8 Å². The molecular formula is C10H19NO2S. The number of nitrogens with one attached hydrogen (secondary N) is 1. The summed E-state index contributed by atoms with van der Waals surface area (Å²) in [5, 5.41) is 3.22. The highest BCUT2D eigenvalue weighted by Gasteiger charge is 2.20. The highest BCUT2D eigenvalue weighted by molar-refractivity contribution is 7.91. The Labute approximate surface area is 86.5 Å². The van der Waals surface area contributed by atoms with Gasteiger partial charge >= 0.3 is 0 Å². The Morgan fingerprint density at radius 2 is 2.29 bits per heavy atom. The summed E-state index contributed by atoms with van der Waals surface area (Å²) in [5.41, 5.74) is 0.730. The predicted molar refractivity (Wildman–Crippen MR) is 59.1 cm³/mol. The van der Waals surface area contributed by atoms with Crippen LogP contribution in [-0.2, 0) is 9.84 Å². The summed E-state index contributed by atoms with van der Waals surface area (Å²) < 4.78 is 23.2. The summed E-state index contributed by atoms with van der Waals surface area (Å²) in [5.74, 6) is 0.754. The average Bonchev–Trinajstić information content (AvgIpc) is 2.02. The van der Waals surface area contributed by atoms with E-state index in [1.807, 2.05) is 0 Å². The zero-order valence-electron chi connectivity index (χ0n) is 8.75. The smallest absolute Gasteiger partial charge is 0.154 e. The van der Waals surface area contributed by atoms with Gasteiger partial charge in [0.25, 0.3) is 0 Å². The van der Waals surface area contributed by atoms with E-state index in [2.05, 4.69) is 11.9 Å². The highest BCUT2D eigenvalue weighted by Crippen LogP contribution is 2.13. The van der Waals surface area contributed by atoms with Crippen molar-refractivity contribution in [2.75, 3.05) is 24.6 Å². The Kier molecular flexibility index (Phi) is 4.13. The highest BCUT2D eigenvalue weighted by atomic mass is 32.2. The van der Waals surface area contributed by atoms with Crippen molar-refractivity contribution in [3.63, 3.8) is 0 Å². The number of sulfone groups is 1. The molecule has 1 unspecified atom stereocenters. The number of hydrogen-bond donors (Lipinski definition) is 1. The maximum atomic E-state index is 11.6. The number of rotatable bonds is 4. The van der Waals surface area contributed by atoms with Crippen molar-refractivity contribution in [1.82, 2.24) is 5.32 Å². The molecule has 0 aromatic rings. The van der Waals surface area contributed by atoms with Crippen LogP contribution < -0.4 is 5.32 Å². The Morgan fingerprint density at radius 3 is 2.79 bits per heavy atom. The summed E-state index contributed by atoms with van der Waals surface area (Å²) in [6.45, 7) is 7.27. The van der Waals surface area contributed by atoms with Crippen molar-refractivity contribution in [2.45, 2.75) is 19.8 Å². The maximum Gasteiger partial charge on any atom is 0.154 e. The van der Waals surface area contributed by atoms with Crippen molar-refractivity contribution in [1.29, 1.82) is 0 Å². The lowest BCUT2D eigenvalue weighted by Gasteiger charge is -2.22. The Morgan fingerprint density at radius 1 is 1.57 bits per heavy atom. The van der Waals surface area contributed by atoms with E-state index in [0.29, 0.717) is 11.7 Å². The summed E-state index contributed by atoms with van der Waals surface area (Å²) in [7, 11) is -2.92. The van der Waals surface area contributed by atoms with Gasteiger partial charge in [-0.1, -0.05) is 12.2 Å². The third-order valence-corrected chi connectivity index (χ3v) is 4.27. The fourth-order valence-electron chi connectivity index (χ4n) is 1.86. The second kappa shape index (κ2) is 4.94. The van der Waals surface area contributed by atoms with Gasteiger partial charge < -0.3 is 5.32 Å². The number of piperidine rings is 1. The first-order valence-electron chi connectivity index (χ1n) is 5.05. The molecule has 1 rings (SSSR count). The van der Waals surface area contributed by atoms with E-state index in [0.717, 1.165) is 31.5 Å². The van der Waals surface area contributed by atoms with Crippen LogP contribution in [0.25, 0.3) is 0 Å². The van der Waals surface area contributed by atoms with Gasteiger partial charge in [-0.25, -0.2) is 8.42 Å². The molecule has 1 N–H and O–H groups in total. The molecule has 0 aliphatic carbocycles. The molecule has 1 atom stereocenters. The molecule has 4 heteroatoms. The molecular weight excluding hydrogens is 198 g/mol. The molecule has 1 saturated heterocycles. The molecule has 0 aromatic heterocycles. The standard InChI is InChI=1S/C10H19NO2S/c1-9(2)7-14(12,13)8-10-4-3-5-11-6-10/h10-11H,1,3-8H2,2H3. The average molecular weight is 217 g/mol. The first-order valence-corrected chi connectivity index (χ1v) is 6.87. The third-order valence-electron chi connectivity index (χ3n) is 2.35. The van der Waals surface area contributed by atoms with Gasteiger partial charge in [0.2, 0.25) is 0 Å². The SMILES string of the molecule is C=C(C)CS(=O)(=O)CC1CCCNC1. The van der Waals surface area contributed by atoms with E-state index in [1.165, 1.54) is 0 Å². The van der Waals surface area contributed by atoms with Crippen LogP contribution in [0, 0.1) is 5.92 Å². The van der Waals surface area contributed by atoms with Crippen LogP contribution in [0.15, 0.2) is 12.2 Å². The molecule has 0 bridgehead atoms. The van der Waals surface area contributed by atoms with E-state index in [9.17, 15) is 8.42 Å². The Balaban J connectivity index is 2.45. The van der Waals surface area contributed by atoms with Crippen LogP contribution in [0.1, 0.15) is 19.8 Å². The topological polar surface area (TPSA) is 46.2 Å². The Bertz CT molecular complexity index is 289. The summed E-state index contributed by atoms with van der Waals surface area (Å²) >= 11 is 0. The van der Waals surface area contributed by atoms with E-state index < -0.39 is 9.84 Å². The first-order chi connectivity index (χ1) is 6.49. The van der Waals surface area contributed by atoms with E-state index in [1.54, 1.807) is 6.92 Å². The summed E-state index contributed by atoms with van der Waals surface area (Å²) in [6, 6.07) is 0. The molecule has 0 aromatic carbocycles. The van der Waals surface area contributed by atoms with E-state index in [4.69, 9.17) is 0 Å². The molecule has 14 heavy (non-hydrogen) atoms. The van der Waals surface area contributed by atoms with Crippen molar-refractivity contribution in [2.24, 2.45) is 5.92 Å². The van der Waals surface area contributed by atoms with Crippen LogP contribution in [0.5, 0.6) is 0 Å². The quantitative estimate of drug-likeness (QED) is 0.714. The first kappa shape index (κ1) is 11.7. The van der Waals surface area contributed by atoms with Crippen LogP contribution in [0.2, 0.25) is 0 Å². The van der Waals surface area contributed by atoms with Gasteiger partial charge in [-0.15, -0.1) is 0 Å². The molecule has 3 nitrogen and oxygen atoms in total. The molecule has 1 heterocycles.